The van der Waals surface area contributed by atoms with Crippen LogP contribution >= 0.6 is 15.9 Å². The molecule has 2 aromatic heterocycles. The monoisotopic (exact) mass is 543 g/mol. The molecule has 5 aromatic rings. The normalized spacial score (nSPS) is 13.6. The van der Waals surface area contributed by atoms with Gasteiger partial charge < -0.3 is 13.6 Å². The molecule has 0 fully saturated rings. The van der Waals surface area contributed by atoms with Gasteiger partial charge in [-0.3, -0.25) is 4.90 Å². The van der Waals surface area contributed by atoms with E-state index in [1.807, 2.05) is 30.3 Å². The van der Waals surface area contributed by atoms with E-state index in [0.29, 0.717) is 46.7 Å². The Morgan fingerprint density at radius 2 is 1.75 bits per heavy atom. The van der Waals surface area contributed by atoms with Gasteiger partial charge in [-0.25, -0.2) is 9.59 Å². The van der Waals surface area contributed by atoms with Gasteiger partial charge in [0.2, 0.25) is 0 Å². The van der Waals surface area contributed by atoms with Crippen LogP contribution in [0, 0.1) is 0 Å². The standard InChI is InChI=1S/C29H22BrNO5/c30-20-8-10-25-19(13-20)14-23(29(33)35-25)22-15-27(32)36-28-21(22)9-11-26-24(28)16-31(17-34-26)12-4-7-18-5-2-1-3-6-18/h1-3,5-6,8-11,13-15H,4,7,12,16-17H2. The molecule has 0 spiro atoms. The smallest absolute Gasteiger partial charge is 0.344 e. The number of hydrogen-bond acceptors (Lipinski definition) is 6. The van der Waals surface area contributed by atoms with Gasteiger partial charge in [0.15, 0.2) is 0 Å². The van der Waals surface area contributed by atoms with Crippen LogP contribution in [0.4, 0.5) is 0 Å². The lowest BCUT2D eigenvalue weighted by Gasteiger charge is -2.29. The summed E-state index contributed by atoms with van der Waals surface area (Å²) in [6.45, 7) is 1.91. The van der Waals surface area contributed by atoms with Crippen LogP contribution < -0.4 is 16.0 Å². The zero-order valence-electron chi connectivity index (χ0n) is 19.3. The Kier molecular flexibility index (Phi) is 5.95. The average molecular weight is 544 g/mol. The molecule has 7 heteroatoms. The molecule has 0 unspecified atom stereocenters. The maximum Gasteiger partial charge on any atom is 0.344 e. The van der Waals surface area contributed by atoms with Crippen molar-refractivity contribution in [3.8, 4) is 16.9 Å². The van der Waals surface area contributed by atoms with Gasteiger partial charge >= 0.3 is 11.3 Å². The minimum Gasteiger partial charge on any atom is -0.478 e. The lowest BCUT2D eigenvalue weighted by atomic mass is 9.99. The van der Waals surface area contributed by atoms with Gasteiger partial charge in [0.1, 0.15) is 23.6 Å². The number of hydrogen-bond donors (Lipinski definition) is 0. The maximum atomic E-state index is 12.9. The maximum absolute atomic E-state index is 12.9. The SMILES string of the molecule is O=c1cc(-c2cc3cc(Br)ccc3oc2=O)c2ccc3c(c2o1)CN(CCCc1ccccc1)CO3. The first kappa shape index (κ1) is 22.8. The number of ether oxygens (including phenoxy) is 1. The molecule has 3 heterocycles. The van der Waals surface area contributed by atoms with Crippen molar-refractivity contribution in [2.45, 2.75) is 19.4 Å². The van der Waals surface area contributed by atoms with Crippen molar-refractivity contribution in [2.75, 3.05) is 13.3 Å². The lowest BCUT2D eigenvalue weighted by molar-refractivity contribution is 0.0946. The zero-order valence-corrected chi connectivity index (χ0v) is 20.9. The van der Waals surface area contributed by atoms with Gasteiger partial charge in [-0.1, -0.05) is 46.3 Å². The van der Waals surface area contributed by atoms with Crippen LogP contribution in [0.15, 0.2) is 95.7 Å². The summed E-state index contributed by atoms with van der Waals surface area (Å²) < 4.78 is 18.1. The Labute approximate surface area is 214 Å². The van der Waals surface area contributed by atoms with E-state index in [1.54, 1.807) is 12.1 Å². The van der Waals surface area contributed by atoms with Crippen molar-refractivity contribution >= 4 is 37.9 Å². The molecular weight excluding hydrogens is 522 g/mol. The van der Waals surface area contributed by atoms with Crippen molar-refractivity contribution < 1.29 is 13.6 Å². The Morgan fingerprint density at radius 3 is 2.61 bits per heavy atom. The molecule has 6 rings (SSSR count). The number of nitrogens with zero attached hydrogens (tertiary/aromatic N) is 1. The van der Waals surface area contributed by atoms with E-state index in [4.69, 9.17) is 13.6 Å². The molecule has 180 valence electrons. The topological polar surface area (TPSA) is 72.9 Å². The van der Waals surface area contributed by atoms with E-state index in [1.165, 1.54) is 11.6 Å². The number of aryl methyl sites for hydroxylation is 1. The fourth-order valence-electron chi connectivity index (χ4n) is 4.78. The van der Waals surface area contributed by atoms with E-state index >= 15 is 0 Å². The number of benzene rings is 3. The summed E-state index contributed by atoms with van der Waals surface area (Å²) in [4.78, 5) is 27.7. The first-order valence-electron chi connectivity index (χ1n) is 11.8. The number of rotatable bonds is 5. The Morgan fingerprint density at radius 1 is 0.889 bits per heavy atom. The average Bonchev–Trinajstić information content (AvgIpc) is 2.88. The summed E-state index contributed by atoms with van der Waals surface area (Å²) in [6, 6.07) is 22.6. The van der Waals surface area contributed by atoms with Crippen LogP contribution in [0.2, 0.25) is 0 Å². The fraction of sp³-hybridized carbons (Fsp3) is 0.172. The molecule has 0 aliphatic carbocycles. The largest absolute Gasteiger partial charge is 0.478 e. The van der Waals surface area contributed by atoms with Gasteiger partial charge in [-0.2, -0.15) is 0 Å². The molecular formula is C29H22BrNO5. The van der Waals surface area contributed by atoms with Crippen molar-refractivity contribution in [3.63, 3.8) is 0 Å². The van der Waals surface area contributed by atoms with Crippen molar-refractivity contribution in [3.05, 3.63) is 109 Å². The summed E-state index contributed by atoms with van der Waals surface area (Å²) in [5.41, 5.74) is 2.81. The highest BCUT2D eigenvalue weighted by atomic mass is 79.9. The Bertz CT molecular complexity index is 1710. The van der Waals surface area contributed by atoms with Crippen LogP contribution in [0.5, 0.6) is 5.75 Å². The van der Waals surface area contributed by atoms with Crippen molar-refractivity contribution in [2.24, 2.45) is 0 Å². The Balaban J connectivity index is 1.37. The second-order valence-electron chi connectivity index (χ2n) is 8.94. The number of halogens is 1. The van der Waals surface area contributed by atoms with E-state index in [0.717, 1.165) is 34.8 Å². The lowest BCUT2D eigenvalue weighted by Crippen LogP contribution is -2.33. The van der Waals surface area contributed by atoms with Crippen LogP contribution in [0.3, 0.4) is 0 Å². The molecule has 0 N–H and O–H groups in total. The molecule has 0 amide bonds. The molecule has 3 aromatic carbocycles. The van der Waals surface area contributed by atoms with Crippen LogP contribution in [0.1, 0.15) is 17.5 Å². The fourth-order valence-corrected chi connectivity index (χ4v) is 5.16. The second-order valence-corrected chi connectivity index (χ2v) is 9.86. The van der Waals surface area contributed by atoms with Gasteiger partial charge in [0.05, 0.1) is 11.1 Å². The van der Waals surface area contributed by atoms with Gasteiger partial charge in [0.25, 0.3) is 0 Å². The van der Waals surface area contributed by atoms with Crippen LogP contribution in [0.25, 0.3) is 33.1 Å². The molecule has 0 radical (unpaired) electrons. The Hall–Kier alpha value is -3.68. The summed E-state index contributed by atoms with van der Waals surface area (Å²) in [7, 11) is 0. The minimum atomic E-state index is -0.527. The number of fused-ring (bicyclic) bond motifs is 4. The summed E-state index contributed by atoms with van der Waals surface area (Å²) >= 11 is 3.46. The molecule has 0 saturated carbocycles. The third kappa shape index (κ3) is 4.36. The highest BCUT2D eigenvalue weighted by molar-refractivity contribution is 9.10. The second kappa shape index (κ2) is 9.41. The highest BCUT2D eigenvalue weighted by Crippen LogP contribution is 2.36. The molecule has 1 aliphatic rings. The molecule has 6 nitrogen and oxygen atoms in total. The van der Waals surface area contributed by atoms with Crippen LogP contribution in [-0.4, -0.2) is 18.2 Å². The third-order valence-electron chi connectivity index (χ3n) is 6.52. The molecule has 0 atom stereocenters. The zero-order chi connectivity index (χ0) is 24.6. The molecule has 1 aliphatic heterocycles. The quantitative estimate of drug-likeness (QED) is 0.249. The summed E-state index contributed by atoms with van der Waals surface area (Å²) in [6.07, 6.45) is 1.96. The third-order valence-corrected chi connectivity index (χ3v) is 7.02. The van der Waals surface area contributed by atoms with E-state index in [9.17, 15) is 9.59 Å². The summed E-state index contributed by atoms with van der Waals surface area (Å²) in [5.74, 6) is 0.691. The first-order chi connectivity index (χ1) is 17.5. The van der Waals surface area contributed by atoms with Crippen LogP contribution in [-0.2, 0) is 13.0 Å². The molecule has 0 saturated heterocycles. The van der Waals surface area contributed by atoms with Gasteiger partial charge in [0, 0.05) is 40.0 Å². The molecule has 0 bridgehead atoms. The minimum absolute atomic E-state index is 0.315. The molecule has 36 heavy (non-hydrogen) atoms. The van der Waals surface area contributed by atoms with E-state index < -0.39 is 11.3 Å². The predicted octanol–water partition coefficient (Wildman–Crippen LogP) is 6.11. The summed E-state index contributed by atoms with van der Waals surface area (Å²) in [5, 5.41) is 1.43. The van der Waals surface area contributed by atoms with Crippen molar-refractivity contribution in [1.82, 2.24) is 4.90 Å². The van der Waals surface area contributed by atoms with E-state index in [2.05, 4.69) is 45.1 Å². The van der Waals surface area contributed by atoms with Gasteiger partial charge in [-0.05, 0) is 54.8 Å². The van der Waals surface area contributed by atoms with E-state index in [-0.39, 0.29) is 0 Å². The predicted molar refractivity (Wildman–Crippen MR) is 142 cm³/mol. The first-order valence-corrected chi connectivity index (χ1v) is 12.6. The highest BCUT2D eigenvalue weighted by Gasteiger charge is 2.23. The van der Waals surface area contributed by atoms with Gasteiger partial charge in [-0.15, -0.1) is 0 Å². The van der Waals surface area contributed by atoms with Crippen molar-refractivity contribution in [1.29, 1.82) is 0 Å².